The van der Waals surface area contributed by atoms with E-state index in [0.29, 0.717) is 27.3 Å². The van der Waals surface area contributed by atoms with Gasteiger partial charge in [-0.2, -0.15) is 0 Å². The van der Waals surface area contributed by atoms with E-state index in [0.717, 1.165) is 26.2 Å². The third-order valence-electron chi connectivity index (χ3n) is 4.50. The van der Waals surface area contributed by atoms with Crippen LogP contribution in [0.3, 0.4) is 0 Å². The number of halogens is 1. The van der Waals surface area contributed by atoms with Crippen molar-refractivity contribution < 1.29 is 9.18 Å². The number of hydrogen-bond acceptors (Lipinski definition) is 4. The standard InChI is InChI=1S/C16H16FN3OS/c17-13-4-2-1-3-12(13)15-19-7-14(22-15)16(21)20-8-10-5-18-6-11(10)9-20/h1-4,7,10-11,18H,5-6,8-9H2/t10-,11+. The molecule has 0 spiro atoms. The molecule has 1 aromatic heterocycles. The molecule has 1 amide bonds. The first kappa shape index (κ1) is 13.8. The summed E-state index contributed by atoms with van der Waals surface area (Å²) in [6, 6.07) is 6.52. The number of nitrogens with one attached hydrogen (secondary N) is 1. The molecule has 2 aliphatic rings. The van der Waals surface area contributed by atoms with Gasteiger partial charge in [-0.25, -0.2) is 9.37 Å². The minimum absolute atomic E-state index is 0.0227. The first-order valence-corrected chi connectivity index (χ1v) is 8.25. The maximum absolute atomic E-state index is 13.8. The van der Waals surface area contributed by atoms with Crippen LogP contribution in [0.4, 0.5) is 4.39 Å². The number of thiazole rings is 1. The summed E-state index contributed by atoms with van der Waals surface area (Å²) in [5, 5.41) is 3.92. The topological polar surface area (TPSA) is 45.2 Å². The average Bonchev–Trinajstić information content (AvgIpc) is 3.22. The van der Waals surface area contributed by atoms with Gasteiger partial charge < -0.3 is 10.2 Å². The van der Waals surface area contributed by atoms with Crippen LogP contribution in [0.5, 0.6) is 0 Å². The molecule has 2 fully saturated rings. The second-order valence-corrected chi connectivity index (χ2v) is 6.93. The number of hydrogen-bond donors (Lipinski definition) is 1. The van der Waals surface area contributed by atoms with Crippen molar-refractivity contribution in [3.8, 4) is 10.6 Å². The van der Waals surface area contributed by atoms with Crippen molar-refractivity contribution in [2.24, 2.45) is 11.8 Å². The number of carbonyl (C=O) groups is 1. The molecule has 6 heteroatoms. The Kier molecular flexibility index (Phi) is 3.43. The Bertz CT molecular complexity index is 705. The zero-order chi connectivity index (χ0) is 15.1. The predicted octanol–water partition coefficient (Wildman–Crippen LogP) is 2.24. The summed E-state index contributed by atoms with van der Waals surface area (Å²) in [5.74, 6) is 0.859. The number of benzene rings is 1. The lowest BCUT2D eigenvalue weighted by Gasteiger charge is -2.15. The molecule has 4 nitrogen and oxygen atoms in total. The van der Waals surface area contributed by atoms with Crippen molar-refractivity contribution in [1.82, 2.24) is 15.2 Å². The Morgan fingerprint density at radius 2 is 2.00 bits per heavy atom. The van der Waals surface area contributed by atoms with Gasteiger partial charge in [0.15, 0.2) is 0 Å². The SMILES string of the molecule is O=C(c1cnc(-c2ccccc2F)s1)N1C[C@H]2CNC[C@H]2C1. The number of aromatic nitrogens is 1. The van der Waals surface area contributed by atoms with Crippen molar-refractivity contribution in [3.05, 3.63) is 41.2 Å². The van der Waals surface area contributed by atoms with Gasteiger partial charge in [-0.3, -0.25) is 4.79 Å². The van der Waals surface area contributed by atoms with E-state index in [9.17, 15) is 9.18 Å². The van der Waals surface area contributed by atoms with E-state index in [-0.39, 0.29) is 11.7 Å². The summed E-state index contributed by atoms with van der Waals surface area (Å²) in [4.78, 5) is 19.3. The van der Waals surface area contributed by atoms with E-state index in [1.165, 1.54) is 17.4 Å². The molecule has 22 heavy (non-hydrogen) atoms. The van der Waals surface area contributed by atoms with E-state index in [4.69, 9.17) is 0 Å². The summed E-state index contributed by atoms with van der Waals surface area (Å²) in [6.07, 6.45) is 1.57. The maximum Gasteiger partial charge on any atom is 0.265 e. The van der Waals surface area contributed by atoms with Gasteiger partial charge in [0, 0.05) is 31.7 Å². The van der Waals surface area contributed by atoms with Gasteiger partial charge >= 0.3 is 0 Å². The van der Waals surface area contributed by atoms with Gasteiger partial charge in [0.1, 0.15) is 15.7 Å². The van der Waals surface area contributed by atoms with Crippen LogP contribution in [-0.2, 0) is 0 Å². The van der Waals surface area contributed by atoms with Crippen LogP contribution < -0.4 is 5.32 Å². The van der Waals surface area contributed by atoms with Crippen LogP contribution in [-0.4, -0.2) is 42.0 Å². The first-order valence-electron chi connectivity index (χ1n) is 7.43. The summed E-state index contributed by atoms with van der Waals surface area (Å²) in [6.45, 7) is 3.61. The third-order valence-corrected chi connectivity index (χ3v) is 5.52. The third kappa shape index (κ3) is 2.32. The maximum atomic E-state index is 13.8. The van der Waals surface area contributed by atoms with Crippen LogP contribution in [0.2, 0.25) is 0 Å². The van der Waals surface area contributed by atoms with Crippen molar-refractivity contribution in [2.45, 2.75) is 0 Å². The zero-order valence-corrected chi connectivity index (χ0v) is 12.8. The second kappa shape index (κ2) is 5.44. The molecule has 114 valence electrons. The molecular weight excluding hydrogens is 301 g/mol. The number of amides is 1. The molecular formula is C16H16FN3OS. The smallest absolute Gasteiger partial charge is 0.265 e. The molecule has 1 aromatic carbocycles. The van der Waals surface area contributed by atoms with Crippen LogP contribution >= 0.6 is 11.3 Å². The highest BCUT2D eigenvalue weighted by molar-refractivity contribution is 7.16. The number of carbonyl (C=O) groups excluding carboxylic acids is 1. The lowest BCUT2D eigenvalue weighted by atomic mass is 10.0. The Balaban J connectivity index is 1.54. The van der Waals surface area contributed by atoms with Crippen molar-refractivity contribution in [2.75, 3.05) is 26.2 Å². The summed E-state index contributed by atoms with van der Waals surface area (Å²) in [5.41, 5.74) is 0.453. The van der Waals surface area contributed by atoms with Crippen LogP contribution in [0.15, 0.2) is 30.5 Å². The number of likely N-dealkylation sites (tertiary alicyclic amines) is 1. The van der Waals surface area contributed by atoms with Crippen LogP contribution in [0.1, 0.15) is 9.67 Å². The van der Waals surface area contributed by atoms with Crippen molar-refractivity contribution in [1.29, 1.82) is 0 Å². The fourth-order valence-electron chi connectivity index (χ4n) is 3.31. The summed E-state index contributed by atoms with van der Waals surface area (Å²) in [7, 11) is 0. The minimum Gasteiger partial charge on any atom is -0.337 e. The Morgan fingerprint density at radius 1 is 1.27 bits per heavy atom. The fourth-order valence-corrected chi connectivity index (χ4v) is 4.22. The van der Waals surface area contributed by atoms with Crippen molar-refractivity contribution in [3.63, 3.8) is 0 Å². The van der Waals surface area contributed by atoms with Crippen LogP contribution in [0, 0.1) is 17.7 Å². The van der Waals surface area contributed by atoms with Crippen molar-refractivity contribution >= 4 is 17.2 Å². The van der Waals surface area contributed by atoms with E-state index in [1.54, 1.807) is 24.4 Å². The van der Waals surface area contributed by atoms with Gasteiger partial charge in [-0.1, -0.05) is 12.1 Å². The molecule has 0 aliphatic carbocycles. The van der Waals surface area contributed by atoms with E-state index in [2.05, 4.69) is 10.3 Å². The van der Waals surface area contributed by atoms with Gasteiger partial charge in [-0.05, 0) is 24.0 Å². The lowest BCUT2D eigenvalue weighted by molar-refractivity contribution is 0.0786. The highest BCUT2D eigenvalue weighted by Crippen LogP contribution is 2.31. The van der Waals surface area contributed by atoms with E-state index in [1.807, 2.05) is 4.90 Å². The number of fused-ring (bicyclic) bond motifs is 1. The number of rotatable bonds is 2. The Hall–Kier alpha value is -1.79. The summed E-state index contributed by atoms with van der Waals surface area (Å²) < 4.78 is 13.8. The fraction of sp³-hybridized carbons (Fsp3) is 0.375. The molecule has 0 unspecified atom stereocenters. The molecule has 0 bridgehead atoms. The molecule has 3 heterocycles. The summed E-state index contributed by atoms with van der Waals surface area (Å²) >= 11 is 1.27. The molecule has 4 rings (SSSR count). The monoisotopic (exact) mass is 317 g/mol. The lowest BCUT2D eigenvalue weighted by Crippen LogP contribution is -2.31. The second-order valence-electron chi connectivity index (χ2n) is 5.90. The average molecular weight is 317 g/mol. The highest BCUT2D eigenvalue weighted by Gasteiger charge is 2.38. The Labute approximate surface area is 132 Å². The van der Waals surface area contributed by atoms with Crippen LogP contribution in [0.25, 0.3) is 10.6 Å². The van der Waals surface area contributed by atoms with Gasteiger partial charge in [-0.15, -0.1) is 11.3 Å². The van der Waals surface area contributed by atoms with E-state index >= 15 is 0 Å². The molecule has 0 radical (unpaired) electrons. The molecule has 2 atom stereocenters. The molecule has 2 aromatic rings. The first-order chi connectivity index (χ1) is 10.7. The Morgan fingerprint density at radius 3 is 2.73 bits per heavy atom. The molecule has 2 aliphatic heterocycles. The molecule has 0 saturated carbocycles. The number of nitrogens with zero attached hydrogens (tertiary/aromatic N) is 2. The highest BCUT2D eigenvalue weighted by atomic mass is 32.1. The van der Waals surface area contributed by atoms with Gasteiger partial charge in [0.25, 0.3) is 5.91 Å². The molecule has 2 saturated heterocycles. The van der Waals surface area contributed by atoms with Gasteiger partial charge in [0.2, 0.25) is 0 Å². The zero-order valence-electron chi connectivity index (χ0n) is 12.0. The predicted molar refractivity (Wildman–Crippen MR) is 83.3 cm³/mol. The quantitative estimate of drug-likeness (QED) is 0.924. The normalized spacial score (nSPS) is 23.8. The van der Waals surface area contributed by atoms with Gasteiger partial charge in [0.05, 0.1) is 6.20 Å². The minimum atomic E-state index is -0.308. The van der Waals surface area contributed by atoms with E-state index < -0.39 is 0 Å². The molecule has 1 N–H and O–H groups in total. The largest absolute Gasteiger partial charge is 0.337 e.